The first-order valence-electron chi connectivity index (χ1n) is 8.59. The van der Waals surface area contributed by atoms with E-state index in [0.29, 0.717) is 22.8 Å². The molecule has 2 aromatic rings. The van der Waals surface area contributed by atoms with Crippen molar-refractivity contribution in [2.45, 2.75) is 26.8 Å². The lowest BCUT2D eigenvalue weighted by Gasteiger charge is -2.21. The summed E-state index contributed by atoms with van der Waals surface area (Å²) in [7, 11) is 0. The van der Waals surface area contributed by atoms with Crippen LogP contribution in [0.2, 0.25) is 0 Å². The second kappa shape index (κ2) is 9.72. The van der Waals surface area contributed by atoms with Gasteiger partial charge in [0.1, 0.15) is 11.8 Å². The van der Waals surface area contributed by atoms with Crippen LogP contribution >= 0.6 is 11.3 Å². The van der Waals surface area contributed by atoms with Gasteiger partial charge in [-0.15, -0.1) is 11.3 Å². The lowest BCUT2D eigenvalue weighted by Crippen LogP contribution is -2.54. The Hall–Kier alpha value is -2.87. The largest absolute Gasteiger partial charge is 0.494 e. The van der Waals surface area contributed by atoms with Crippen molar-refractivity contribution in [1.29, 1.82) is 0 Å². The van der Waals surface area contributed by atoms with E-state index in [1.165, 1.54) is 11.3 Å². The summed E-state index contributed by atoms with van der Waals surface area (Å²) in [6.07, 6.45) is 0. The first kappa shape index (κ1) is 20.4. The maximum absolute atomic E-state index is 12.4. The molecular formula is C19H23N3O4S. The third-order valence-corrected chi connectivity index (χ3v) is 4.58. The molecule has 0 aliphatic rings. The van der Waals surface area contributed by atoms with E-state index in [9.17, 15) is 14.4 Å². The Morgan fingerprint density at radius 1 is 1.04 bits per heavy atom. The molecule has 1 atom stereocenters. The van der Waals surface area contributed by atoms with Crippen molar-refractivity contribution in [2.24, 2.45) is 5.92 Å². The van der Waals surface area contributed by atoms with E-state index in [1.807, 2.05) is 20.8 Å². The van der Waals surface area contributed by atoms with E-state index in [1.54, 1.807) is 41.8 Å². The van der Waals surface area contributed by atoms with Gasteiger partial charge < -0.3 is 10.1 Å². The van der Waals surface area contributed by atoms with Crippen LogP contribution in [0.3, 0.4) is 0 Å². The van der Waals surface area contributed by atoms with E-state index < -0.39 is 17.9 Å². The van der Waals surface area contributed by atoms with Gasteiger partial charge in [0.15, 0.2) is 0 Å². The summed E-state index contributed by atoms with van der Waals surface area (Å²) in [5, 5.41) is 4.47. The van der Waals surface area contributed by atoms with Gasteiger partial charge in [-0.2, -0.15) is 0 Å². The number of carbonyl (C=O) groups excluding carboxylic acids is 3. The Morgan fingerprint density at radius 2 is 1.74 bits per heavy atom. The van der Waals surface area contributed by atoms with Gasteiger partial charge in [0.05, 0.1) is 11.5 Å². The van der Waals surface area contributed by atoms with Crippen LogP contribution in [-0.2, 0) is 4.79 Å². The number of rotatable bonds is 7. The number of hydrogen-bond donors (Lipinski definition) is 3. The molecule has 144 valence electrons. The summed E-state index contributed by atoms with van der Waals surface area (Å²) in [6, 6.07) is 9.26. The fourth-order valence-electron chi connectivity index (χ4n) is 2.29. The van der Waals surface area contributed by atoms with Crippen molar-refractivity contribution in [1.82, 2.24) is 16.2 Å². The average Bonchev–Trinajstić information content (AvgIpc) is 3.19. The molecule has 0 unspecified atom stereocenters. The molecule has 0 saturated carbocycles. The SMILES string of the molecule is CCOc1ccc(C(=O)N[C@@H](C(=O)NNC(=O)c2cccs2)C(C)C)cc1. The molecule has 2 rings (SSSR count). The summed E-state index contributed by atoms with van der Waals surface area (Å²) in [4.78, 5) is 37.2. The lowest BCUT2D eigenvalue weighted by atomic mass is 10.0. The Kier molecular flexibility index (Phi) is 7.36. The number of amides is 3. The Morgan fingerprint density at radius 3 is 2.30 bits per heavy atom. The van der Waals surface area contributed by atoms with Gasteiger partial charge >= 0.3 is 0 Å². The molecule has 1 aromatic heterocycles. The second-order valence-corrected chi connectivity index (χ2v) is 7.02. The maximum Gasteiger partial charge on any atom is 0.279 e. The zero-order valence-electron chi connectivity index (χ0n) is 15.4. The Bertz CT molecular complexity index is 773. The number of carbonyl (C=O) groups is 3. The minimum atomic E-state index is -0.798. The predicted molar refractivity (Wildman–Crippen MR) is 104 cm³/mol. The molecule has 8 heteroatoms. The molecule has 3 amide bonds. The molecule has 3 N–H and O–H groups in total. The zero-order valence-corrected chi connectivity index (χ0v) is 16.3. The monoisotopic (exact) mass is 389 g/mol. The average molecular weight is 389 g/mol. The second-order valence-electron chi connectivity index (χ2n) is 6.07. The first-order chi connectivity index (χ1) is 12.9. The number of hydrazine groups is 1. The molecule has 0 saturated heterocycles. The first-order valence-corrected chi connectivity index (χ1v) is 9.47. The molecule has 0 spiro atoms. The molecule has 0 aliphatic carbocycles. The summed E-state index contributed by atoms with van der Waals surface area (Å²) >= 11 is 1.27. The van der Waals surface area contributed by atoms with Crippen LogP contribution in [0.1, 0.15) is 40.8 Å². The third-order valence-electron chi connectivity index (χ3n) is 3.71. The van der Waals surface area contributed by atoms with Crippen LogP contribution in [-0.4, -0.2) is 30.4 Å². The Balaban J connectivity index is 1.96. The number of nitrogens with one attached hydrogen (secondary N) is 3. The summed E-state index contributed by atoms with van der Waals surface area (Å²) in [5.41, 5.74) is 5.14. The highest BCUT2D eigenvalue weighted by Gasteiger charge is 2.25. The topological polar surface area (TPSA) is 96.5 Å². The summed E-state index contributed by atoms with van der Waals surface area (Å²) < 4.78 is 5.35. The van der Waals surface area contributed by atoms with Crippen molar-refractivity contribution in [3.8, 4) is 5.75 Å². The highest BCUT2D eigenvalue weighted by molar-refractivity contribution is 7.12. The highest BCUT2D eigenvalue weighted by atomic mass is 32.1. The maximum atomic E-state index is 12.4. The smallest absolute Gasteiger partial charge is 0.279 e. The molecule has 7 nitrogen and oxygen atoms in total. The minimum Gasteiger partial charge on any atom is -0.494 e. The van der Waals surface area contributed by atoms with Gasteiger partial charge in [-0.1, -0.05) is 19.9 Å². The van der Waals surface area contributed by atoms with Crippen LogP contribution in [0.25, 0.3) is 0 Å². The van der Waals surface area contributed by atoms with Crippen molar-refractivity contribution < 1.29 is 19.1 Å². The third kappa shape index (κ3) is 5.82. The minimum absolute atomic E-state index is 0.171. The number of ether oxygens (including phenoxy) is 1. The van der Waals surface area contributed by atoms with E-state index in [4.69, 9.17) is 4.74 Å². The van der Waals surface area contributed by atoms with Crippen molar-refractivity contribution in [3.05, 3.63) is 52.2 Å². The fraction of sp³-hybridized carbons (Fsp3) is 0.316. The lowest BCUT2D eigenvalue weighted by molar-refractivity contribution is -0.124. The van der Waals surface area contributed by atoms with Crippen molar-refractivity contribution >= 4 is 29.1 Å². The van der Waals surface area contributed by atoms with Crippen molar-refractivity contribution in [3.63, 3.8) is 0 Å². The van der Waals surface area contributed by atoms with Gasteiger partial charge in [0.25, 0.3) is 17.7 Å². The van der Waals surface area contributed by atoms with Crippen LogP contribution in [0.5, 0.6) is 5.75 Å². The van der Waals surface area contributed by atoms with E-state index in [-0.39, 0.29) is 11.8 Å². The van der Waals surface area contributed by atoms with Crippen LogP contribution in [0.4, 0.5) is 0 Å². The molecule has 1 aromatic carbocycles. The van der Waals surface area contributed by atoms with Gasteiger partial charge in [-0.25, -0.2) is 0 Å². The van der Waals surface area contributed by atoms with Gasteiger partial charge in [0, 0.05) is 5.56 Å². The molecule has 0 fully saturated rings. The number of thiophene rings is 1. The highest BCUT2D eigenvalue weighted by Crippen LogP contribution is 2.13. The van der Waals surface area contributed by atoms with E-state index in [0.717, 1.165) is 0 Å². The summed E-state index contributed by atoms with van der Waals surface area (Å²) in [6.45, 7) is 6.04. The molecule has 0 aliphatic heterocycles. The van der Waals surface area contributed by atoms with Crippen LogP contribution in [0, 0.1) is 5.92 Å². The standard InChI is InChI=1S/C19H23N3O4S/c1-4-26-14-9-7-13(8-10-14)17(23)20-16(12(2)3)19(25)22-21-18(24)15-6-5-11-27-15/h5-12,16H,4H2,1-3H3,(H,20,23)(H,21,24)(H,22,25)/t16-/m1/s1. The van der Waals surface area contributed by atoms with Gasteiger partial charge in [0.2, 0.25) is 0 Å². The predicted octanol–water partition coefficient (Wildman–Crippen LogP) is 2.36. The number of benzene rings is 1. The summed E-state index contributed by atoms with van der Waals surface area (Å²) in [5.74, 6) is -0.775. The van der Waals surface area contributed by atoms with Gasteiger partial charge in [-0.3, -0.25) is 25.2 Å². The number of hydrogen-bond acceptors (Lipinski definition) is 5. The van der Waals surface area contributed by atoms with E-state index in [2.05, 4.69) is 16.2 Å². The molecular weight excluding hydrogens is 366 g/mol. The van der Waals surface area contributed by atoms with Gasteiger partial charge in [-0.05, 0) is 48.6 Å². The Labute approximate surface area is 162 Å². The molecule has 0 radical (unpaired) electrons. The fourth-order valence-corrected chi connectivity index (χ4v) is 2.91. The quantitative estimate of drug-likeness (QED) is 0.634. The molecule has 1 heterocycles. The van der Waals surface area contributed by atoms with Crippen molar-refractivity contribution in [2.75, 3.05) is 6.61 Å². The molecule has 27 heavy (non-hydrogen) atoms. The van der Waals surface area contributed by atoms with E-state index >= 15 is 0 Å². The van der Waals surface area contributed by atoms with Crippen LogP contribution in [0.15, 0.2) is 41.8 Å². The normalized spacial score (nSPS) is 11.6. The van der Waals surface area contributed by atoms with Crippen LogP contribution < -0.4 is 20.9 Å². The molecule has 0 bridgehead atoms. The zero-order chi connectivity index (χ0) is 19.8.